The Morgan fingerprint density at radius 2 is 1.79 bits per heavy atom. The maximum atomic E-state index is 11.2. The fourth-order valence-corrected chi connectivity index (χ4v) is 4.61. The molecule has 0 fully saturated rings. The highest BCUT2D eigenvalue weighted by Crippen LogP contribution is 2.49. The number of aliphatic hydroxyl groups excluding tert-OH is 1. The Kier molecular flexibility index (Phi) is 3.10. The van der Waals surface area contributed by atoms with E-state index in [-0.39, 0.29) is 12.0 Å². The number of aryl methyl sites for hydroxylation is 1. The first-order chi connectivity index (χ1) is 11.8. The Morgan fingerprint density at radius 1 is 1.00 bits per heavy atom. The topological polar surface area (TPSA) is 38.1 Å². The highest BCUT2D eigenvalue weighted by molar-refractivity contribution is 5.69. The Balaban J connectivity index is 1.64. The molecule has 3 aromatic rings. The summed E-state index contributed by atoms with van der Waals surface area (Å²) >= 11 is 0. The lowest BCUT2D eigenvalue weighted by Crippen LogP contribution is -2.23. The first-order valence-electron chi connectivity index (χ1n) is 8.71. The van der Waals surface area contributed by atoms with Gasteiger partial charge in [-0.05, 0) is 36.0 Å². The monoisotopic (exact) mass is 316 g/mol. The summed E-state index contributed by atoms with van der Waals surface area (Å²) in [6.07, 6.45) is 6.61. The molecule has 3 nitrogen and oxygen atoms in total. The molecule has 120 valence electrons. The SMILES string of the molecule is O[C@H]1c2ccccc2CCC[C@@H]1[C@H]1c2ccccc2-c2cncn21. The Bertz CT molecular complexity index is 898. The number of aliphatic hydroxyl groups is 1. The van der Waals surface area contributed by atoms with Crippen molar-refractivity contribution >= 4 is 0 Å². The van der Waals surface area contributed by atoms with Crippen LogP contribution in [0, 0.1) is 5.92 Å². The zero-order valence-corrected chi connectivity index (χ0v) is 13.5. The van der Waals surface area contributed by atoms with E-state index in [1.807, 2.05) is 18.6 Å². The zero-order valence-electron chi connectivity index (χ0n) is 13.5. The van der Waals surface area contributed by atoms with E-state index in [4.69, 9.17) is 0 Å². The number of hydrogen-bond acceptors (Lipinski definition) is 2. The average Bonchev–Trinajstić information content (AvgIpc) is 3.15. The second-order valence-corrected chi connectivity index (χ2v) is 6.92. The van der Waals surface area contributed by atoms with Crippen LogP contribution in [0.5, 0.6) is 0 Å². The summed E-state index contributed by atoms with van der Waals surface area (Å²) < 4.78 is 2.26. The molecule has 2 heterocycles. The number of nitrogens with zero attached hydrogens (tertiary/aromatic N) is 2. The molecule has 2 aromatic carbocycles. The van der Waals surface area contributed by atoms with Gasteiger partial charge in [-0.25, -0.2) is 4.98 Å². The first-order valence-corrected chi connectivity index (χ1v) is 8.71. The molecule has 0 saturated carbocycles. The molecule has 0 radical (unpaired) electrons. The summed E-state index contributed by atoms with van der Waals surface area (Å²) in [6.45, 7) is 0. The van der Waals surface area contributed by atoms with Crippen molar-refractivity contribution in [2.45, 2.75) is 31.4 Å². The highest BCUT2D eigenvalue weighted by Gasteiger charge is 2.39. The Hall–Kier alpha value is -2.39. The highest BCUT2D eigenvalue weighted by atomic mass is 16.3. The first kappa shape index (κ1) is 14.0. The van der Waals surface area contributed by atoms with Gasteiger partial charge >= 0.3 is 0 Å². The lowest BCUT2D eigenvalue weighted by atomic mass is 9.83. The van der Waals surface area contributed by atoms with E-state index in [1.54, 1.807) is 0 Å². The van der Waals surface area contributed by atoms with Crippen molar-refractivity contribution in [1.82, 2.24) is 9.55 Å². The van der Waals surface area contributed by atoms with Gasteiger partial charge in [-0.15, -0.1) is 0 Å². The number of imidazole rings is 1. The van der Waals surface area contributed by atoms with E-state index in [1.165, 1.54) is 22.4 Å². The molecule has 1 N–H and O–H groups in total. The molecular weight excluding hydrogens is 296 g/mol. The fourth-order valence-electron chi connectivity index (χ4n) is 4.61. The lowest BCUT2D eigenvalue weighted by Gasteiger charge is -2.29. The van der Waals surface area contributed by atoms with Crippen LogP contribution in [0.1, 0.15) is 41.7 Å². The molecule has 0 saturated heterocycles. The van der Waals surface area contributed by atoms with Gasteiger partial charge in [0.15, 0.2) is 0 Å². The van der Waals surface area contributed by atoms with Gasteiger partial charge in [-0.2, -0.15) is 0 Å². The number of aromatic nitrogens is 2. The van der Waals surface area contributed by atoms with Gasteiger partial charge in [0.05, 0.1) is 30.4 Å². The summed E-state index contributed by atoms with van der Waals surface area (Å²) in [7, 11) is 0. The molecule has 5 rings (SSSR count). The van der Waals surface area contributed by atoms with E-state index in [0.29, 0.717) is 0 Å². The normalized spacial score (nSPS) is 24.8. The molecule has 1 aromatic heterocycles. The molecule has 0 spiro atoms. The molecule has 3 heteroatoms. The van der Waals surface area contributed by atoms with Gasteiger partial charge in [0, 0.05) is 11.5 Å². The molecule has 3 atom stereocenters. The van der Waals surface area contributed by atoms with Crippen LogP contribution in [0.2, 0.25) is 0 Å². The minimum atomic E-state index is -0.435. The Labute approximate surface area is 141 Å². The van der Waals surface area contributed by atoms with Crippen molar-refractivity contribution < 1.29 is 5.11 Å². The van der Waals surface area contributed by atoms with Crippen LogP contribution >= 0.6 is 0 Å². The van der Waals surface area contributed by atoms with Gasteiger partial charge in [0.1, 0.15) is 0 Å². The quantitative estimate of drug-likeness (QED) is 0.685. The van der Waals surface area contributed by atoms with E-state index >= 15 is 0 Å². The Morgan fingerprint density at radius 3 is 2.71 bits per heavy atom. The largest absolute Gasteiger partial charge is 0.388 e. The van der Waals surface area contributed by atoms with Crippen molar-refractivity contribution in [3.05, 3.63) is 77.7 Å². The second kappa shape index (κ2) is 5.32. The van der Waals surface area contributed by atoms with Crippen LogP contribution in [0.15, 0.2) is 61.1 Å². The van der Waals surface area contributed by atoms with Gasteiger partial charge in [-0.1, -0.05) is 48.5 Å². The van der Waals surface area contributed by atoms with E-state index in [0.717, 1.165) is 24.8 Å². The van der Waals surface area contributed by atoms with Crippen LogP contribution in [-0.2, 0) is 6.42 Å². The maximum Gasteiger partial charge on any atom is 0.0956 e. The molecule has 1 aliphatic carbocycles. The summed E-state index contributed by atoms with van der Waals surface area (Å²) in [5.74, 6) is 0.172. The third-order valence-electron chi connectivity index (χ3n) is 5.69. The van der Waals surface area contributed by atoms with Gasteiger partial charge in [0.2, 0.25) is 0 Å². The van der Waals surface area contributed by atoms with Crippen molar-refractivity contribution in [3.63, 3.8) is 0 Å². The van der Waals surface area contributed by atoms with Crippen molar-refractivity contribution in [2.75, 3.05) is 0 Å². The van der Waals surface area contributed by atoms with Gasteiger partial charge in [-0.3, -0.25) is 0 Å². The predicted molar refractivity (Wildman–Crippen MR) is 93.6 cm³/mol. The maximum absolute atomic E-state index is 11.2. The van der Waals surface area contributed by atoms with Gasteiger partial charge < -0.3 is 9.67 Å². The van der Waals surface area contributed by atoms with Crippen LogP contribution in [0.3, 0.4) is 0 Å². The summed E-state index contributed by atoms with van der Waals surface area (Å²) in [6, 6.07) is 17.1. The number of rotatable bonds is 1. The minimum Gasteiger partial charge on any atom is -0.388 e. The fraction of sp³-hybridized carbons (Fsp3) is 0.286. The molecule has 24 heavy (non-hydrogen) atoms. The third kappa shape index (κ3) is 1.91. The smallest absolute Gasteiger partial charge is 0.0956 e. The second-order valence-electron chi connectivity index (χ2n) is 6.92. The van der Waals surface area contributed by atoms with E-state index < -0.39 is 6.10 Å². The van der Waals surface area contributed by atoms with Crippen molar-refractivity contribution in [3.8, 4) is 11.3 Å². The third-order valence-corrected chi connectivity index (χ3v) is 5.69. The molecule has 2 aliphatic rings. The molecule has 0 amide bonds. The summed E-state index contributed by atoms with van der Waals surface area (Å²) in [5.41, 5.74) is 6.14. The van der Waals surface area contributed by atoms with Gasteiger partial charge in [0.25, 0.3) is 0 Å². The van der Waals surface area contributed by atoms with Crippen LogP contribution < -0.4 is 0 Å². The molecular formula is C21H20N2O. The average molecular weight is 316 g/mol. The summed E-state index contributed by atoms with van der Waals surface area (Å²) in [4.78, 5) is 4.36. The summed E-state index contributed by atoms with van der Waals surface area (Å²) in [5, 5.41) is 11.2. The van der Waals surface area contributed by atoms with Crippen LogP contribution in [0.4, 0.5) is 0 Å². The number of hydrogen-bond donors (Lipinski definition) is 1. The molecule has 0 unspecified atom stereocenters. The van der Waals surface area contributed by atoms with E-state index in [9.17, 15) is 5.11 Å². The molecule has 0 bridgehead atoms. The number of benzene rings is 2. The minimum absolute atomic E-state index is 0.167. The van der Waals surface area contributed by atoms with Crippen molar-refractivity contribution in [2.24, 2.45) is 5.92 Å². The van der Waals surface area contributed by atoms with Crippen molar-refractivity contribution in [1.29, 1.82) is 0 Å². The standard InChI is InChI=1S/C21H20N2O/c24-21-15-8-2-1-6-14(15)7-5-11-18(21)20-17-10-4-3-9-16(17)19-12-22-13-23(19)20/h1-4,6,8-10,12-13,18,20-21,24H,5,7,11H2/t18-,20-,21+/m1/s1. The predicted octanol–water partition coefficient (Wildman–Crippen LogP) is 4.14. The number of fused-ring (bicyclic) bond motifs is 4. The lowest BCUT2D eigenvalue weighted by molar-refractivity contribution is 0.0829. The van der Waals surface area contributed by atoms with Crippen LogP contribution in [-0.4, -0.2) is 14.7 Å². The van der Waals surface area contributed by atoms with Crippen LogP contribution in [0.25, 0.3) is 11.3 Å². The molecule has 1 aliphatic heterocycles. The van der Waals surface area contributed by atoms with E-state index in [2.05, 4.69) is 52.0 Å². The zero-order chi connectivity index (χ0) is 16.1.